The molecule has 0 radical (unpaired) electrons. The Labute approximate surface area is 161 Å². The fourth-order valence-corrected chi connectivity index (χ4v) is 3.84. The highest BCUT2D eigenvalue weighted by atomic mass is 17.1. The highest BCUT2D eigenvalue weighted by Gasteiger charge is 2.27. The van der Waals surface area contributed by atoms with Gasteiger partial charge in [0.1, 0.15) is 6.61 Å². The fourth-order valence-electron chi connectivity index (χ4n) is 3.84. The minimum absolute atomic E-state index is 0.0378. The molecule has 2 aromatic heterocycles. The van der Waals surface area contributed by atoms with Gasteiger partial charge in [-0.05, 0) is 55.3 Å². The molecule has 3 aromatic rings. The van der Waals surface area contributed by atoms with E-state index in [2.05, 4.69) is 11.5 Å². The van der Waals surface area contributed by atoms with Crippen LogP contribution in [0.5, 0.6) is 5.75 Å². The normalized spacial score (nSPS) is 12.0. The Morgan fingerprint density at radius 3 is 2.79 bits per heavy atom. The molecule has 0 saturated heterocycles. The number of pyridine rings is 2. The van der Waals surface area contributed by atoms with E-state index in [-0.39, 0.29) is 12.2 Å². The van der Waals surface area contributed by atoms with Gasteiger partial charge in [-0.3, -0.25) is 4.79 Å². The van der Waals surface area contributed by atoms with Crippen LogP contribution in [-0.4, -0.2) is 19.9 Å². The van der Waals surface area contributed by atoms with Crippen LogP contribution in [0.15, 0.2) is 41.6 Å². The number of nitrogens with zero attached hydrogens (tertiary/aromatic N) is 2. The summed E-state index contributed by atoms with van der Waals surface area (Å²) >= 11 is 0. The van der Waals surface area contributed by atoms with Crippen molar-refractivity contribution in [1.82, 2.24) is 9.55 Å². The molecule has 0 atom stereocenters. The minimum Gasteiger partial charge on any atom is -0.481 e. The van der Waals surface area contributed by atoms with Crippen molar-refractivity contribution >= 4 is 10.9 Å². The van der Waals surface area contributed by atoms with Crippen molar-refractivity contribution in [3.05, 3.63) is 69.4 Å². The summed E-state index contributed by atoms with van der Waals surface area (Å²) in [7, 11) is 0. The number of rotatable bonds is 5. The van der Waals surface area contributed by atoms with Gasteiger partial charge in [0.2, 0.25) is 0 Å². The van der Waals surface area contributed by atoms with Gasteiger partial charge in [-0.25, -0.2) is 10.2 Å². The van der Waals surface area contributed by atoms with E-state index >= 15 is 0 Å². The standard InChI is InChI=1S/C21H20N2O5/c1-4-14-15-8-13(28-26)5-6-18(15)22-20-16(14)9-23-19(20)7-11(2)17(21(23)25)10-27-12(3)24/h5-8,24,26H,3-4,9-10H2,1-2H3. The maximum absolute atomic E-state index is 13.0. The van der Waals surface area contributed by atoms with Crippen molar-refractivity contribution in [2.75, 3.05) is 0 Å². The van der Waals surface area contributed by atoms with Crippen LogP contribution in [0.2, 0.25) is 0 Å². The van der Waals surface area contributed by atoms with E-state index in [0.717, 1.165) is 45.4 Å². The number of aliphatic hydroxyl groups is 1. The predicted molar refractivity (Wildman–Crippen MR) is 104 cm³/mol. The van der Waals surface area contributed by atoms with Gasteiger partial charge in [0, 0.05) is 10.9 Å². The average Bonchev–Trinajstić information content (AvgIpc) is 3.03. The van der Waals surface area contributed by atoms with Crippen LogP contribution in [0.25, 0.3) is 22.3 Å². The summed E-state index contributed by atoms with van der Waals surface area (Å²) in [6, 6.07) is 7.12. The molecule has 0 saturated carbocycles. The predicted octanol–water partition coefficient (Wildman–Crippen LogP) is 3.69. The van der Waals surface area contributed by atoms with Gasteiger partial charge in [-0.15, -0.1) is 0 Å². The Bertz CT molecular complexity index is 1180. The molecule has 0 bridgehead atoms. The summed E-state index contributed by atoms with van der Waals surface area (Å²) < 4.78 is 6.74. The molecule has 0 amide bonds. The number of aromatic nitrogens is 2. The molecule has 7 heteroatoms. The van der Waals surface area contributed by atoms with Gasteiger partial charge < -0.3 is 19.3 Å². The van der Waals surface area contributed by atoms with E-state index in [1.165, 1.54) is 0 Å². The van der Waals surface area contributed by atoms with Gasteiger partial charge in [0.05, 0.1) is 29.0 Å². The number of hydrogen-bond donors (Lipinski definition) is 2. The quantitative estimate of drug-likeness (QED) is 0.312. The third-order valence-corrected chi connectivity index (χ3v) is 5.20. The number of aryl methyl sites for hydroxylation is 2. The molecule has 2 N–H and O–H groups in total. The summed E-state index contributed by atoms with van der Waals surface area (Å²) in [5.41, 5.74) is 5.48. The van der Waals surface area contributed by atoms with Gasteiger partial charge in [0.15, 0.2) is 5.75 Å². The minimum atomic E-state index is -0.421. The number of ether oxygens (including phenoxy) is 1. The van der Waals surface area contributed by atoms with Gasteiger partial charge >= 0.3 is 0 Å². The van der Waals surface area contributed by atoms with E-state index in [0.29, 0.717) is 17.9 Å². The SMILES string of the molecule is C=C(O)OCc1c(C)cc2n(c1=O)Cc1c-2nc2ccc(OO)cc2c1CC. The Morgan fingerprint density at radius 2 is 2.11 bits per heavy atom. The number of aliphatic hydroxyl groups excluding tert-OH is 1. The largest absolute Gasteiger partial charge is 0.481 e. The second-order valence-corrected chi connectivity index (χ2v) is 6.81. The van der Waals surface area contributed by atoms with E-state index in [4.69, 9.17) is 15.0 Å². The molecule has 7 nitrogen and oxygen atoms in total. The molecule has 144 valence electrons. The monoisotopic (exact) mass is 380 g/mol. The molecule has 0 aliphatic carbocycles. The summed E-state index contributed by atoms with van der Waals surface area (Å²) in [4.78, 5) is 22.2. The van der Waals surface area contributed by atoms with Crippen molar-refractivity contribution in [3.63, 3.8) is 0 Å². The van der Waals surface area contributed by atoms with Gasteiger partial charge in [-0.1, -0.05) is 6.92 Å². The molecule has 1 aliphatic heterocycles. The van der Waals surface area contributed by atoms with Crippen molar-refractivity contribution in [2.45, 2.75) is 33.4 Å². The molecule has 28 heavy (non-hydrogen) atoms. The van der Waals surface area contributed by atoms with E-state index in [1.807, 2.05) is 19.9 Å². The first kappa shape index (κ1) is 18.1. The zero-order valence-corrected chi connectivity index (χ0v) is 15.7. The molecule has 0 fully saturated rings. The topological polar surface area (TPSA) is 93.8 Å². The van der Waals surface area contributed by atoms with Crippen molar-refractivity contribution in [2.24, 2.45) is 0 Å². The van der Waals surface area contributed by atoms with Crippen molar-refractivity contribution < 1.29 is 20.0 Å². The van der Waals surface area contributed by atoms with E-state index < -0.39 is 5.95 Å². The number of fused-ring (bicyclic) bond motifs is 4. The molecule has 3 heterocycles. The summed E-state index contributed by atoms with van der Waals surface area (Å²) in [5.74, 6) is -0.0770. The molecule has 1 aliphatic rings. The Kier molecular flexibility index (Phi) is 4.31. The lowest BCUT2D eigenvalue weighted by Crippen LogP contribution is -2.24. The van der Waals surface area contributed by atoms with Crippen LogP contribution in [0.3, 0.4) is 0 Å². The first-order valence-corrected chi connectivity index (χ1v) is 8.95. The lowest BCUT2D eigenvalue weighted by atomic mass is 9.98. The van der Waals surface area contributed by atoms with Crippen LogP contribution in [0.1, 0.15) is 29.2 Å². The average molecular weight is 380 g/mol. The molecular weight excluding hydrogens is 360 g/mol. The second kappa shape index (κ2) is 6.69. The number of benzene rings is 1. The van der Waals surface area contributed by atoms with Crippen molar-refractivity contribution in [1.29, 1.82) is 0 Å². The van der Waals surface area contributed by atoms with Crippen LogP contribution in [0.4, 0.5) is 0 Å². The smallest absolute Gasteiger partial charge is 0.269 e. The highest BCUT2D eigenvalue weighted by Crippen LogP contribution is 2.37. The zero-order chi connectivity index (χ0) is 20.0. The summed E-state index contributed by atoms with van der Waals surface area (Å²) in [6.07, 6.45) is 0.748. The zero-order valence-electron chi connectivity index (χ0n) is 15.7. The van der Waals surface area contributed by atoms with E-state index in [9.17, 15) is 9.90 Å². The first-order chi connectivity index (χ1) is 13.4. The van der Waals surface area contributed by atoms with Crippen molar-refractivity contribution in [3.8, 4) is 17.1 Å². The van der Waals surface area contributed by atoms with Gasteiger partial charge in [-0.2, -0.15) is 0 Å². The third kappa shape index (κ3) is 2.71. The Morgan fingerprint density at radius 1 is 1.32 bits per heavy atom. The maximum atomic E-state index is 13.0. The fraction of sp³-hybridized carbons (Fsp3) is 0.238. The number of hydrogen-bond acceptors (Lipinski definition) is 6. The summed E-state index contributed by atoms with van der Waals surface area (Å²) in [5, 5.41) is 19.1. The van der Waals surface area contributed by atoms with Crippen LogP contribution in [-0.2, 0) is 24.3 Å². The maximum Gasteiger partial charge on any atom is 0.269 e. The first-order valence-electron chi connectivity index (χ1n) is 8.95. The molecule has 0 unspecified atom stereocenters. The Balaban J connectivity index is 1.92. The lowest BCUT2D eigenvalue weighted by molar-refractivity contribution is -0.137. The molecule has 4 rings (SSSR count). The molecule has 0 spiro atoms. The lowest BCUT2D eigenvalue weighted by Gasteiger charge is -2.11. The molecule has 1 aromatic carbocycles. The van der Waals surface area contributed by atoms with Gasteiger partial charge in [0.25, 0.3) is 11.5 Å². The third-order valence-electron chi connectivity index (χ3n) is 5.20. The second-order valence-electron chi connectivity index (χ2n) is 6.81. The van der Waals surface area contributed by atoms with E-state index in [1.54, 1.807) is 22.8 Å². The van der Waals surface area contributed by atoms with Crippen LogP contribution < -0.4 is 10.4 Å². The summed E-state index contributed by atoms with van der Waals surface area (Å²) in [6.45, 7) is 7.55. The highest BCUT2D eigenvalue weighted by molar-refractivity contribution is 5.89. The Hall–Kier alpha value is -3.32. The van der Waals surface area contributed by atoms with Crippen LogP contribution in [0, 0.1) is 6.92 Å². The molecular formula is C21H20N2O5. The van der Waals surface area contributed by atoms with Crippen LogP contribution >= 0.6 is 0 Å².